The van der Waals surface area contributed by atoms with Crippen molar-refractivity contribution in [3.8, 4) is 5.75 Å². The van der Waals surface area contributed by atoms with Crippen LogP contribution < -0.4 is 10.1 Å². The van der Waals surface area contributed by atoms with Crippen molar-refractivity contribution >= 4 is 0 Å². The van der Waals surface area contributed by atoms with Crippen molar-refractivity contribution in [1.29, 1.82) is 0 Å². The fourth-order valence-corrected chi connectivity index (χ4v) is 2.84. The lowest BCUT2D eigenvalue weighted by Crippen LogP contribution is -2.44. The topological polar surface area (TPSA) is 34.2 Å². The molecule has 6 heteroatoms. The number of hydrogen-bond donors (Lipinski definition) is 1. The zero-order valence-electron chi connectivity index (χ0n) is 13.1. The van der Waals surface area contributed by atoms with Gasteiger partial charge in [-0.3, -0.25) is 4.98 Å². The van der Waals surface area contributed by atoms with Gasteiger partial charge in [-0.25, -0.2) is 0 Å². The molecule has 1 aromatic carbocycles. The van der Waals surface area contributed by atoms with Gasteiger partial charge in [-0.15, -0.1) is 0 Å². The molecule has 3 rings (SSSR count). The van der Waals surface area contributed by atoms with Crippen molar-refractivity contribution in [3.05, 3.63) is 59.4 Å². The molecule has 0 spiro atoms. The molecule has 0 radical (unpaired) electrons. The second-order valence-corrected chi connectivity index (χ2v) is 5.90. The molecule has 0 amide bonds. The van der Waals surface area contributed by atoms with E-state index < -0.39 is 12.2 Å². The average Bonchev–Trinajstić information content (AvgIpc) is 3.02. The maximum atomic E-state index is 13.2. The van der Waals surface area contributed by atoms with Crippen LogP contribution in [-0.4, -0.2) is 30.4 Å². The van der Waals surface area contributed by atoms with Gasteiger partial charge >= 0.3 is 6.18 Å². The Morgan fingerprint density at radius 3 is 2.67 bits per heavy atom. The molecule has 1 aromatic heterocycles. The van der Waals surface area contributed by atoms with E-state index in [4.69, 9.17) is 4.74 Å². The van der Waals surface area contributed by atoms with Crippen LogP contribution in [0, 0.1) is 0 Å². The van der Waals surface area contributed by atoms with Gasteiger partial charge in [-0.05, 0) is 54.3 Å². The molecule has 1 unspecified atom stereocenters. The smallest absolute Gasteiger partial charge is 0.404 e. The normalized spacial score (nSPS) is 15.0. The average molecular weight is 336 g/mol. The number of nitrogens with one attached hydrogen (secondary N) is 1. The molecule has 0 aliphatic carbocycles. The van der Waals surface area contributed by atoms with Crippen LogP contribution in [0.15, 0.2) is 42.7 Å². The number of benzene rings is 1. The van der Waals surface area contributed by atoms with Crippen LogP contribution in [0.25, 0.3) is 0 Å². The quantitative estimate of drug-likeness (QED) is 0.879. The Morgan fingerprint density at radius 1 is 1.12 bits per heavy atom. The molecule has 3 nitrogen and oxygen atoms in total. The van der Waals surface area contributed by atoms with Crippen LogP contribution >= 0.6 is 0 Å². The summed E-state index contributed by atoms with van der Waals surface area (Å²) in [5.41, 5.74) is 2.78. The predicted molar refractivity (Wildman–Crippen MR) is 85.1 cm³/mol. The fourth-order valence-electron chi connectivity index (χ4n) is 2.84. The highest BCUT2D eigenvalue weighted by Gasteiger charge is 2.39. The third kappa shape index (κ3) is 4.26. The molecule has 2 heterocycles. The first-order valence-corrected chi connectivity index (χ1v) is 7.96. The van der Waals surface area contributed by atoms with Crippen LogP contribution in [0.2, 0.25) is 0 Å². The summed E-state index contributed by atoms with van der Waals surface area (Å²) in [6, 6.07) is 7.50. The number of rotatable bonds is 6. The van der Waals surface area contributed by atoms with E-state index in [0.717, 1.165) is 23.3 Å². The van der Waals surface area contributed by atoms with E-state index >= 15 is 0 Å². The zero-order chi connectivity index (χ0) is 17.0. The van der Waals surface area contributed by atoms with Crippen molar-refractivity contribution in [2.24, 2.45) is 0 Å². The molecule has 24 heavy (non-hydrogen) atoms. The first-order chi connectivity index (χ1) is 11.5. The van der Waals surface area contributed by atoms with E-state index in [-0.39, 0.29) is 13.0 Å². The summed E-state index contributed by atoms with van der Waals surface area (Å²) in [5.74, 6) is 0.887. The number of fused-ring (bicyclic) bond motifs is 1. The van der Waals surface area contributed by atoms with Crippen LogP contribution in [0.1, 0.15) is 16.7 Å². The van der Waals surface area contributed by atoms with Gasteiger partial charge in [-0.1, -0.05) is 12.1 Å². The number of nitrogens with zero attached hydrogens (tertiary/aromatic N) is 1. The van der Waals surface area contributed by atoms with Gasteiger partial charge in [0, 0.05) is 18.8 Å². The van der Waals surface area contributed by atoms with Gasteiger partial charge in [0.05, 0.1) is 6.61 Å². The Kier molecular flexibility index (Phi) is 5.04. The molecule has 1 atom stereocenters. The second kappa shape index (κ2) is 7.21. The molecule has 0 fully saturated rings. The Balaban J connectivity index is 1.57. The van der Waals surface area contributed by atoms with Crippen LogP contribution in [0.3, 0.4) is 0 Å². The summed E-state index contributed by atoms with van der Waals surface area (Å²) in [6.07, 6.45) is 0.0594. The zero-order valence-corrected chi connectivity index (χ0v) is 13.1. The Hall–Kier alpha value is -2.08. The molecule has 128 valence electrons. The van der Waals surface area contributed by atoms with Crippen LogP contribution in [0.5, 0.6) is 5.75 Å². The molecular formula is C18H19F3N2O. The Bertz CT molecular complexity index is 674. The lowest BCUT2D eigenvalue weighted by molar-refractivity contribution is -0.155. The first-order valence-electron chi connectivity index (χ1n) is 7.96. The first kappa shape index (κ1) is 16.8. The lowest BCUT2D eigenvalue weighted by atomic mass is 10.0. The third-order valence-corrected chi connectivity index (χ3v) is 4.14. The SMILES string of the molecule is FC(F)(F)C(Cc1ccncc1)NCCc1ccc2c(c1)CCO2. The number of aromatic nitrogens is 1. The van der Waals surface area contributed by atoms with E-state index in [2.05, 4.69) is 10.3 Å². The van der Waals surface area contributed by atoms with Gasteiger partial charge in [0.25, 0.3) is 0 Å². The minimum Gasteiger partial charge on any atom is -0.493 e. The second-order valence-electron chi connectivity index (χ2n) is 5.90. The highest BCUT2D eigenvalue weighted by Crippen LogP contribution is 2.26. The fraction of sp³-hybridized carbons (Fsp3) is 0.389. The van der Waals surface area contributed by atoms with Crippen LogP contribution in [-0.2, 0) is 19.3 Å². The number of halogens is 3. The van der Waals surface area contributed by atoms with Gasteiger partial charge in [-0.2, -0.15) is 13.2 Å². The molecule has 0 saturated heterocycles. The molecule has 0 saturated carbocycles. The highest BCUT2D eigenvalue weighted by atomic mass is 19.4. The van der Waals surface area contributed by atoms with Gasteiger partial charge in [0.2, 0.25) is 0 Å². The molecular weight excluding hydrogens is 317 g/mol. The summed E-state index contributed by atoms with van der Waals surface area (Å²) in [5, 5.41) is 2.65. The van der Waals surface area contributed by atoms with Gasteiger partial charge in [0.15, 0.2) is 0 Å². The van der Waals surface area contributed by atoms with Gasteiger partial charge < -0.3 is 10.1 Å². The van der Waals surface area contributed by atoms with E-state index in [9.17, 15) is 13.2 Å². The molecule has 0 bridgehead atoms. The van der Waals surface area contributed by atoms with E-state index in [0.29, 0.717) is 18.6 Å². The number of pyridine rings is 1. The van der Waals surface area contributed by atoms with Crippen molar-refractivity contribution in [2.75, 3.05) is 13.2 Å². The predicted octanol–water partition coefficient (Wildman–Crippen LogP) is 3.32. The number of alkyl halides is 3. The van der Waals surface area contributed by atoms with E-state index in [1.807, 2.05) is 18.2 Å². The summed E-state index contributed by atoms with van der Waals surface area (Å²) >= 11 is 0. The Labute approximate surface area is 138 Å². The minimum atomic E-state index is -4.28. The van der Waals surface area contributed by atoms with Crippen molar-refractivity contribution in [3.63, 3.8) is 0 Å². The lowest BCUT2D eigenvalue weighted by Gasteiger charge is -2.22. The summed E-state index contributed by atoms with van der Waals surface area (Å²) in [7, 11) is 0. The van der Waals surface area contributed by atoms with Crippen molar-refractivity contribution in [2.45, 2.75) is 31.5 Å². The minimum absolute atomic E-state index is 0.0932. The van der Waals surface area contributed by atoms with Crippen LogP contribution in [0.4, 0.5) is 13.2 Å². The maximum absolute atomic E-state index is 13.2. The van der Waals surface area contributed by atoms with Crippen molar-refractivity contribution in [1.82, 2.24) is 10.3 Å². The largest absolute Gasteiger partial charge is 0.493 e. The molecule has 1 aliphatic heterocycles. The van der Waals surface area contributed by atoms with Crippen molar-refractivity contribution < 1.29 is 17.9 Å². The van der Waals surface area contributed by atoms with Gasteiger partial charge in [0.1, 0.15) is 11.8 Å². The standard InChI is InChI=1S/C18H19F3N2O/c19-18(20,21)17(12-14-3-7-22-8-4-14)23-9-5-13-1-2-16-15(11-13)6-10-24-16/h1-4,7-8,11,17,23H,5-6,9-10,12H2. The summed E-state index contributed by atoms with van der Waals surface area (Å²) in [4.78, 5) is 3.83. The molecule has 1 N–H and O–H groups in total. The third-order valence-electron chi connectivity index (χ3n) is 4.14. The monoisotopic (exact) mass is 336 g/mol. The highest BCUT2D eigenvalue weighted by molar-refractivity contribution is 5.39. The number of ether oxygens (including phenoxy) is 1. The van der Waals surface area contributed by atoms with E-state index in [1.165, 1.54) is 12.4 Å². The molecule has 1 aliphatic rings. The summed E-state index contributed by atoms with van der Waals surface area (Å²) in [6.45, 7) is 0.952. The summed E-state index contributed by atoms with van der Waals surface area (Å²) < 4.78 is 45.1. The Morgan fingerprint density at radius 2 is 1.92 bits per heavy atom. The number of hydrogen-bond acceptors (Lipinski definition) is 3. The molecule has 2 aromatic rings. The maximum Gasteiger partial charge on any atom is 0.404 e. The van der Waals surface area contributed by atoms with E-state index in [1.54, 1.807) is 12.1 Å².